The first-order chi connectivity index (χ1) is 6.54. The topological polar surface area (TPSA) is 26.3 Å². The molecule has 0 aliphatic heterocycles. The average Bonchev–Trinajstić information content (AvgIpc) is 2.14. The Morgan fingerprint density at radius 1 is 1.43 bits per heavy atom. The van der Waals surface area contributed by atoms with Crippen molar-refractivity contribution >= 4 is 5.78 Å². The number of carbonyl (C=O) groups is 1. The molecule has 2 nitrogen and oxygen atoms in total. The van der Waals surface area contributed by atoms with Gasteiger partial charge in [-0.05, 0) is 37.6 Å². The summed E-state index contributed by atoms with van der Waals surface area (Å²) in [6, 6.07) is 4.26. The third-order valence-corrected chi connectivity index (χ3v) is 2.05. The quantitative estimate of drug-likeness (QED) is 0.693. The first kappa shape index (κ1) is 10.9. The zero-order valence-electron chi connectivity index (χ0n) is 8.50. The van der Waals surface area contributed by atoms with Crippen LogP contribution in [0, 0.1) is 12.7 Å². The molecule has 0 fully saturated rings. The van der Waals surface area contributed by atoms with Gasteiger partial charge in [-0.2, -0.15) is 0 Å². The van der Waals surface area contributed by atoms with E-state index in [-0.39, 0.29) is 5.78 Å². The molecule has 1 aromatic carbocycles. The molecule has 0 saturated heterocycles. The summed E-state index contributed by atoms with van der Waals surface area (Å²) in [4.78, 5) is 11.6. The van der Waals surface area contributed by atoms with Crippen molar-refractivity contribution in [1.82, 2.24) is 0 Å². The van der Waals surface area contributed by atoms with Gasteiger partial charge in [0.1, 0.15) is 11.9 Å². The van der Waals surface area contributed by atoms with Gasteiger partial charge in [-0.15, -0.1) is 0 Å². The van der Waals surface area contributed by atoms with Crippen molar-refractivity contribution in [3.63, 3.8) is 0 Å². The Labute approximate surface area is 82.7 Å². The van der Waals surface area contributed by atoms with Gasteiger partial charge in [0.05, 0.1) is 0 Å². The Morgan fingerprint density at radius 3 is 2.57 bits per heavy atom. The van der Waals surface area contributed by atoms with Crippen LogP contribution in [0.15, 0.2) is 18.2 Å². The number of halogens is 1. The maximum atomic E-state index is 13.0. The fourth-order valence-electron chi connectivity index (χ4n) is 1.22. The monoisotopic (exact) mass is 196 g/mol. The first-order valence-electron chi connectivity index (χ1n) is 4.39. The molecule has 1 aromatic rings. The smallest absolute Gasteiger partial charge is 0.191 e. The molecule has 0 N–H and O–H groups in total. The van der Waals surface area contributed by atoms with Crippen LogP contribution >= 0.6 is 0 Å². The molecule has 14 heavy (non-hydrogen) atoms. The number of carbonyl (C=O) groups excluding carboxylic acids is 1. The number of benzene rings is 1. The lowest BCUT2D eigenvalue weighted by Gasteiger charge is -2.08. The molecule has 0 radical (unpaired) electrons. The molecule has 0 bridgehead atoms. The van der Waals surface area contributed by atoms with Crippen molar-refractivity contribution in [1.29, 1.82) is 0 Å². The molecule has 76 valence electrons. The van der Waals surface area contributed by atoms with Crippen molar-refractivity contribution in [2.75, 3.05) is 7.11 Å². The van der Waals surface area contributed by atoms with Crippen molar-refractivity contribution in [3.8, 4) is 0 Å². The summed E-state index contributed by atoms with van der Waals surface area (Å²) in [6.45, 7) is 3.39. The van der Waals surface area contributed by atoms with E-state index in [9.17, 15) is 9.18 Å². The number of hydrogen-bond acceptors (Lipinski definition) is 2. The minimum atomic E-state index is -0.531. The SMILES string of the molecule is COC(C)C(=O)c1cc(C)cc(F)c1. The minimum absolute atomic E-state index is 0.199. The van der Waals surface area contributed by atoms with Crippen LogP contribution in [0.4, 0.5) is 4.39 Å². The van der Waals surface area contributed by atoms with Gasteiger partial charge < -0.3 is 4.74 Å². The van der Waals surface area contributed by atoms with Crippen molar-refractivity contribution < 1.29 is 13.9 Å². The van der Waals surface area contributed by atoms with Crippen LogP contribution in [0.1, 0.15) is 22.8 Å². The molecule has 0 aliphatic carbocycles. The molecule has 0 aliphatic rings. The molecule has 0 spiro atoms. The van der Waals surface area contributed by atoms with Crippen molar-refractivity contribution in [3.05, 3.63) is 35.1 Å². The van der Waals surface area contributed by atoms with Gasteiger partial charge >= 0.3 is 0 Å². The highest BCUT2D eigenvalue weighted by Gasteiger charge is 2.15. The van der Waals surface area contributed by atoms with E-state index in [4.69, 9.17) is 4.74 Å². The van der Waals surface area contributed by atoms with Crippen LogP contribution in [0.5, 0.6) is 0 Å². The van der Waals surface area contributed by atoms with Gasteiger partial charge in [0.2, 0.25) is 0 Å². The predicted molar refractivity (Wildman–Crippen MR) is 51.9 cm³/mol. The summed E-state index contributed by atoms with van der Waals surface area (Å²) in [5.74, 6) is -0.591. The van der Waals surface area contributed by atoms with Crippen LogP contribution in [0.3, 0.4) is 0 Å². The summed E-state index contributed by atoms with van der Waals surface area (Å²) in [5.41, 5.74) is 1.09. The summed E-state index contributed by atoms with van der Waals surface area (Å²) in [5, 5.41) is 0. The first-order valence-corrected chi connectivity index (χ1v) is 4.39. The lowest BCUT2D eigenvalue weighted by atomic mass is 10.0. The van der Waals surface area contributed by atoms with Crippen molar-refractivity contribution in [2.24, 2.45) is 0 Å². The van der Waals surface area contributed by atoms with E-state index in [0.717, 1.165) is 5.56 Å². The van der Waals surface area contributed by atoms with E-state index in [2.05, 4.69) is 0 Å². The predicted octanol–water partition coefficient (Wildman–Crippen LogP) is 2.35. The highest BCUT2D eigenvalue weighted by molar-refractivity contribution is 5.99. The lowest BCUT2D eigenvalue weighted by Crippen LogP contribution is -2.19. The molecule has 1 atom stereocenters. The van der Waals surface area contributed by atoms with E-state index in [1.165, 1.54) is 19.2 Å². The maximum absolute atomic E-state index is 13.0. The number of aryl methyl sites for hydroxylation is 1. The van der Waals surface area contributed by atoms with Gasteiger partial charge in [0, 0.05) is 12.7 Å². The van der Waals surface area contributed by atoms with Crippen molar-refractivity contribution in [2.45, 2.75) is 20.0 Å². The fourth-order valence-corrected chi connectivity index (χ4v) is 1.22. The average molecular weight is 196 g/mol. The van der Waals surface area contributed by atoms with E-state index in [1.54, 1.807) is 19.9 Å². The molecule has 1 unspecified atom stereocenters. The van der Waals surface area contributed by atoms with Gasteiger partial charge in [-0.1, -0.05) is 0 Å². The number of hydrogen-bond donors (Lipinski definition) is 0. The highest BCUT2D eigenvalue weighted by Crippen LogP contribution is 2.11. The Bertz CT molecular complexity index is 327. The van der Waals surface area contributed by atoms with E-state index >= 15 is 0 Å². The summed E-state index contributed by atoms with van der Waals surface area (Å²) in [7, 11) is 1.45. The molecule has 0 amide bonds. The molecule has 0 aromatic heterocycles. The van der Waals surface area contributed by atoms with Gasteiger partial charge in [0.15, 0.2) is 5.78 Å². The summed E-state index contributed by atoms with van der Waals surface area (Å²) in [6.07, 6.45) is -0.531. The second-order valence-electron chi connectivity index (χ2n) is 3.26. The Morgan fingerprint density at radius 2 is 2.07 bits per heavy atom. The van der Waals surface area contributed by atoms with Crippen LogP contribution in [0.2, 0.25) is 0 Å². The molecule has 0 saturated carbocycles. The second kappa shape index (κ2) is 4.33. The molecule has 1 rings (SSSR count). The zero-order valence-corrected chi connectivity index (χ0v) is 8.50. The number of ether oxygens (including phenoxy) is 1. The Balaban J connectivity index is 3.01. The number of methoxy groups -OCH3 is 1. The third kappa shape index (κ3) is 2.39. The number of ketones is 1. The van der Waals surface area contributed by atoms with Gasteiger partial charge in [-0.3, -0.25) is 4.79 Å². The van der Waals surface area contributed by atoms with E-state index < -0.39 is 11.9 Å². The Kier molecular flexibility index (Phi) is 3.36. The molecular formula is C11H13FO2. The highest BCUT2D eigenvalue weighted by atomic mass is 19.1. The van der Waals surface area contributed by atoms with Crippen LogP contribution in [-0.4, -0.2) is 19.0 Å². The molecule has 0 heterocycles. The van der Waals surface area contributed by atoms with E-state index in [0.29, 0.717) is 5.56 Å². The van der Waals surface area contributed by atoms with Gasteiger partial charge in [0.25, 0.3) is 0 Å². The van der Waals surface area contributed by atoms with E-state index in [1.807, 2.05) is 0 Å². The van der Waals surface area contributed by atoms with Gasteiger partial charge in [-0.25, -0.2) is 4.39 Å². The second-order valence-corrected chi connectivity index (χ2v) is 3.26. The minimum Gasteiger partial charge on any atom is -0.374 e. The number of rotatable bonds is 3. The summed E-state index contributed by atoms with van der Waals surface area (Å²) < 4.78 is 17.8. The van der Waals surface area contributed by atoms with Crippen LogP contribution in [-0.2, 0) is 4.74 Å². The maximum Gasteiger partial charge on any atom is 0.191 e. The standard InChI is InChI=1S/C11H13FO2/c1-7-4-9(6-10(12)5-7)11(13)8(2)14-3/h4-6,8H,1-3H3. The zero-order chi connectivity index (χ0) is 10.7. The molecular weight excluding hydrogens is 183 g/mol. The largest absolute Gasteiger partial charge is 0.374 e. The number of Topliss-reactive ketones (excluding diaryl/α,β-unsaturated/α-hetero) is 1. The summed E-state index contributed by atoms with van der Waals surface area (Å²) >= 11 is 0. The lowest BCUT2D eigenvalue weighted by molar-refractivity contribution is 0.0655. The third-order valence-electron chi connectivity index (χ3n) is 2.05. The van der Waals surface area contributed by atoms with Crippen LogP contribution in [0.25, 0.3) is 0 Å². The normalized spacial score (nSPS) is 12.6. The van der Waals surface area contributed by atoms with Crippen LogP contribution < -0.4 is 0 Å². The fraction of sp³-hybridized carbons (Fsp3) is 0.364. The molecule has 3 heteroatoms. The Hall–Kier alpha value is -1.22.